The van der Waals surface area contributed by atoms with E-state index in [9.17, 15) is 4.79 Å². The molecule has 0 aliphatic rings. The molecule has 5 heteroatoms. The maximum Gasteiger partial charge on any atom is 0.267 e. The van der Waals surface area contributed by atoms with Gasteiger partial charge in [0.1, 0.15) is 5.82 Å². The second kappa shape index (κ2) is 6.58. The van der Waals surface area contributed by atoms with E-state index < -0.39 is 5.91 Å². The number of aromatic nitrogens is 2. The van der Waals surface area contributed by atoms with E-state index in [0.717, 1.165) is 29.1 Å². The zero-order valence-electron chi connectivity index (χ0n) is 13.1. The number of nitrogens with one attached hydrogen (secondary N) is 2. The van der Waals surface area contributed by atoms with Crippen LogP contribution in [-0.4, -0.2) is 21.1 Å². The van der Waals surface area contributed by atoms with Gasteiger partial charge in [0.2, 0.25) is 0 Å². The molecule has 0 aliphatic heterocycles. The Kier molecular flexibility index (Phi) is 4.78. The molecular weight excluding hydrogens is 278 g/mol. The molecule has 0 fully saturated rings. The van der Waals surface area contributed by atoms with Crippen molar-refractivity contribution in [3.8, 4) is 0 Å². The Morgan fingerprint density at radius 1 is 1.32 bits per heavy atom. The molecule has 0 aliphatic carbocycles. The second-order valence-electron chi connectivity index (χ2n) is 6.22. The minimum absolute atomic E-state index is 0.0627. The molecule has 0 saturated carbocycles. The zero-order valence-corrected chi connectivity index (χ0v) is 13.1. The molecule has 2 aromatic rings. The number of carbonyl (C=O) groups excluding carboxylic acids is 1. The number of imidazole rings is 1. The number of carbonyl (C=O) groups is 1. The fraction of sp³-hybridized carbons (Fsp3) is 0.294. The Bertz CT molecular complexity index is 664. The molecule has 0 unspecified atom stereocenters. The van der Waals surface area contributed by atoms with Crippen molar-refractivity contribution in [3.63, 3.8) is 0 Å². The first-order valence-electron chi connectivity index (χ1n) is 7.14. The molecule has 0 spiro atoms. The maximum absolute atomic E-state index is 10.9. The lowest BCUT2D eigenvalue weighted by molar-refractivity contribution is -0.124. The van der Waals surface area contributed by atoms with Gasteiger partial charge in [-0.05, 0) is 17.2 Å². The van der Waals surface area contributed by atoms with Gasteiger partial charge < -0.3 is 4.98 Å². The third-order valence-electron chi connectivity index (χ3n) is 3.33. The van der Waals surface area contributed by atoms with Crippen LogP contribution < -0.4 is 5.48 Å². The lowest BCUT2D eigenvalue weighted by Gasteiger charge is -2.15. The molecule has 0 radical (unpaired) electrons. The van der Waals surface area contributed by atoms with Gasteiger partial charge in [0, 0.05) is 29.8 Å². The Balaban J connectivity index is 2.04. The van der Waals surface area contributed by atoms with Gasteiger partial charge >= 0.3 is 0 Å². The van der Waals surface area contributed by atoms with Crippen molar-refractivity contribution in [2.45, 2.75) is 32.6 Å². The average Bonchev–Trinajstić information content (AvgIpc) is 2.95. The van der Waals surface area contributed by atoms with Gasteiger partial charge in [-0.3, -0.25) is 10.0 Å². The number of hydrogen-bond acceptors (Lipinski definition) is 3. The fourth-order valence-electron chi connectivity index (χ4n) is 1.98. The summed E-state index contributed by atoms with van der Waals surface area (Å²) < 4.78 is 0. The highest BCUT2D eigenvalue weighted by atomic mass is 16.5. The predicted molar refractivity (Wildman–Crippen MR) is 85.5 cm³/mol. The van der Waals surface area contributed by atoms with Crippen LogP contribution in [-0.2, 0) is 16.6 Å². The van der Waals surface area contributed by atoms with E-state index in [1.165, 1.54) is 6.08 Å². The van der Waals surface area contributed by atoms with E-state index in [2.05, 4.69) is 30.7 Å². The van der Waals surface area contributed by atoms with Crippen LogP contribution in [0.25, 0.3) is 6.08 Å². The van der Waals surface area contributed by atoms with E-state index in [-0.39, 0.29) is 5.41 Å². The van der Waals surface area contributed by atoms with E-state index >= 15 is 0 Å². The van der Waals surface area contributed by atoms with Crippen molar-refractivity contribution in [1.29, 1.82) is 0 Å². The summed E-state index contributed by atoms with van der Waals surface area (Å²) in [7, 11) is 0. The van der Waals surface area contributed by atoms with Gasteiger partial charge in [0.15, 0.2) is 0 Å². The van der Waals surface area contributed by atoms with Gasteiger partial charge in [0.05, 0.1) is 0 Å². The quantitative estimate of drug-likeness (QED) is 0.461. The molecule has 22 heavy (non-hydrogen) atoms. The third kappa shape index (κ3) is 4.30. The van der Waals surface area contributed by atoms with Crippen molar-refractivity contribution in [1.82, 2.24) is 15.4 Å². The van der Waals surface area contributed by atoms with Gasteiger partial charge in [-0.2, -0.15) is 0 Å². The van der Waals surface area contributed by atoms with Crippen LogP contribution in [0.3, 0.4) is 0 Å². The van der Waals surface area contributed by atoms with Crippen LogP contribution >= 0.6 is 0 Å². The molecule has 0 saturated heterocycles. The smallest absolute Gasteiger partial charge is 0.267 e. The highest BCUT2D eigenvalue weighted by Gasteiger charge is 2.16. The topological polar surface area (TPSA) is 78.0 Å². The highest BCUT2D eigenvalue weighted by molar-refractivity contribution is 5.90. The third-order valence-corrected chi connectivity index (χ3v) is 3.33. The van der Waals surface area contributed by atoms with Crippen LogP contribution in [0.2, 0.25) is 0 Å². The Morgan fingerprint density at radius 2 is 2.00 bits per heavy atom. The van der Waals surface area contributed by atoms with E-state index in [1.807, 2.05) is 30.5 Å². The highest BCUT2D eigenvalue weighted by Crippen LogP contribution is 2.20. The van der Waals surface area contributed by atoms with E-state index in [4.69, 9.17) is 5.21 Å². The number of benzene rings is 1. The number of nitrogens with zero attached hydrogens (tertiary/aromatic N) is 1. The standard InChI is InChI=1S/C17H21N3O2/c1-17(2,3)14-11-18-15(19-14)10-13-6-4-12(5-7-13)8-9-16(21)20-22/h4-9,11,22H,10H2,1-3H3,(H,18,19)(H,20,21)/b9-8+. The van der Waals surface area contributed by atoms with Crippen molar-refractivity contribution in [2.24, 2.45) is 0 Å². The summed E-state index contributed by atoms with van der Waals surface area (Å²) in [5.41, 5.74) is 4.77. The minimum Gasteiger partial charge on any atom is -0.345 e. The van der Waals surface area contributed by atoms with Crippen LogP contribution in [0.15, 0.2) is 36.5 Å². The van der Waals surface area contributed by atoms with E-state index in [0.29, 0.717) is 0 Å². The van der Waals surface area contributed by atoms with Crippen molar-refractivity contribution < 1.29 is 10.0 Å². The Labute approximate surface area is 130 Å². The summed E-state index contributed by atoms with van der Waals surface area (Å²) in [5.74, 6) is 0.391. The number of amides is 1. The van der Waals surface area contributed by atoms with Gasteiger partial charge in [0.25, 0.3) is 5.91 Å². The first kappa shape index (κ1) is 16.0. The SMILES string of the molecule is CC(C)(C)c1cnc(Cc2ccc(/C=C/C(=O)NO)cc2)[nH]1. The van der Waals surface area contributed by atoms with Gasteiger partial charge in [-0.1, -0.05) is 45.0 Å². The summed E-state index contributed by atoms with van der Waals surface area (Å²) >= 11 is 0. The molecule has 1 amide bonds. The van der Waals surface area contributed by atoms with Gasteiger partial charge in [-0.25, -0.2) is 10.5 Å². The van der Waals surface area contributed by atoms with E-state index in [1.54, 1.807) is 11.6 Å². The molecule has 0 atom stereocenters. The first-order chi connectivity index (χ1) is 10.4. The lowest BCUT2D eigenvalue weighted by atomic mass is 9.93. The number of aromatic amines is 1. The molecule has 0 bridgehead atoms. The Hall–Kier alpha value is -2.40. The molecular formula is C17H21N3O2. The van der Waals surface area contributed by atoms with Crippen molar-refractivity contribution in [3.05, 3.63) is 59.2 Å². The predicted octanol–water partition coefficient (Wildman–Crippen LogP) is 2.82. The molecule has 2 rings (SSSR count). The zero-order chi connectivity index (χ0) is 16.2. The summed E-state index contributed by atoms with van der Waals surface area (Å²) in [6.07, 6.45) is 5.54. The van der Waals surface area contributed by atoms with Crippen LogP contribution in [0, 0.1) is 0 Å². The summed E-state index contributed by atoms with van der Waals surface area (Å²) in [5, 5.41) is 8.42. The fourth-order valence-corrected chi connectivity index (χ4v) is 1.98. The molecule has 1 aromatic carbocycles. The summed E-state index contributed by atoms with van der Waals surface area (Å²) in [6, 6.07) is 7.83. The number of rotatable bonds is 4. The summed E-state index contributed by atoms with van der Waals surface area (Å²) in [4.78, 5) is 18.7. The number of hydrogen-bond donors (Lipinski definition) is 3. The van der Waals surface area contributed by atoms with Crippen LogP contribution in [0.1, 0.15) is 43.4 Å². The Morgan fingerprint density at radius 3 is 2.55 bits per heavy atom. The van der Waals surface area contributed by atoms with Gasteiger partial charge in [-0.15, -0.1) is 0 Å². The largest absolute Gasteiger partial charge is 0.345 e. The maximum atomic E-state index is 10.9. The van der Waals surface area contributed by atoms with Crippen molar-refractivity contribution in [2.75, 3.05) is 0 Å². The molecule has 1 heterocycles. The van der Waals surface area contributed by atoms with Crippen molar-refractivity contribution >= 4 is 12.0 Å². The molecule has 3 N–H and O–H groups in total. The monoisotopic (exact) mass is 299 g/mol. The molecule has 116 valence electrons. The summed E-state index contributed by atoms with van der Waals surface area (Å²) in [6.45, 7) is 6.44. The minimum atomic E-state index is -0.547. The second-order valence-corrected chi connectivity index (χ2v) is 6.22. The normalized spacial score (nSPS) is 11.8. The number of hydroxylamine groups is 1. The molecule has 5 nitrogen and oxygen atoms in total. The number of H-pyrrole nitrogens is 1. The average molecular weight is 299 g/mol. The first-order valence-corrected chi connectivity index (χ1v) is 7.14. The van der Waals surface area contributed by atoms with Crippen LogP contribution in [0.4, 0.5) is 0 Å². The lowest BCUT2D eigenvalue weighted by Crippen LogP contribution is -2.14. The molecule has 1 aromatic heterocycles. The van der Waals surface area contributed by atoms with Crippen LogP contribution in [0.5, 0.6) is 0 Å².